The summed E-state index contributed by atoms with van der Waals surface area (Å²) in [6.07, 6.45) is 3.51. The normalized spacial score (nSPS) is 35.1. The highest BCUT2D eigenvalue weighted by atomic mass is 35.5. The molecule has 3 heterocycles. The van der Waals surface area contributed by atoms with Crippen LogP contribution >= 0.6 is 11.6 Å². The van der Waals surface area contributed by atoms with E-state index in [1.807, 2.05) is 12.1 Å². The SMILES string of the molecule is CC1CC2N=C(C3=C4CCN(Cc5ccc(Cl)cc5)CC4NN3)NC2C[C@H]1C. The van der Waals surface area contributed by atoms with Crippen LogP contribution in [0.3, 0.4) is 0 Å². The van der Waals surface area contributed by atoms with Crippen molar-refractivity contribution < 1.29 is 0 Å². The first kappa shape index (κ1) is 18.5. The van der Waals surface area contributed by atoms with E-state index in [-0.39, 0.29) is 0 Å². The van der Waals surface area contributed by atoms with E-state index >= 15 is 0 Å². The van der Waals surface area contributed by atoms with Gasteiger partial charge in [-0.2, -0.15) is 0 Å². The lowest BCUT2D eigenvalue weighted by Crippen LogP contribution is -2.46. The summed E-state index contributed by atoms with van der Waals surface area (Å²) < 4.78 is 0. The third-order valence-electron chi connectivity index (χ3n) is 7.10. The Labute approximate surface area is 172 Å². The van der Waals surface area contributed by atoms with Gasteiger partial charge in [-0.1, -0.05) is 37.6 Å². The van der Waals surface area contributed by atoms with Gasteiger partial charge in [-0.25, -0.2) is 5.43 Å². The van der Waals surface area contributed by atoms with E-state index in [4.69, 9.17) is 16.6 Å². The molecule has 5 nitrogen and oxygen atoms in total. The molecule has 0 amide bonds. The van der Waals surface area contributed by atoms with Gasteiger partial charge in [0.25, 0.3) is 0 Å². The van der Waals surface area contributed by atoms with E-state index in [1.54, 1.807) is 0 Å². The number of benzene rings is 1. The predicted molar refractivity (Wildman–Crippen MR) is 114 cm³/mol. The van der Waals surface area contributed by atoms with Crippen molar-refractivity contribution in [2.45, 2.75) is 57.8 Å². The summed E-state index contributed by atoms with van der Waals surface area (Å²) in [4.78, 5) is 7.60. The van der Waals surface area contributed by atoms with Gasteiger partial charge < -0.3 is 10.7 Å². The highest BCUT2D eigenvalue weighted by molar-refractivity contribution is 6.30. The van der Waals surface area contributed by atoms with Crippen molar-refractivity contribution in [3.63, 3.8) is 0 Å². The molecule has 150 valence electrons. The Kier molecular flexibility index (Phi) is 4.85. The topological polar surface area (TPSA) is 51.7 Å². The van der Waals surface area contributed by atoms with Crippen molar-refractivity contribution in [2.24, 2.45) is 16.8 Å². The molecule has 6 heteroatoms. The van der Waals surface area contributed by atoms with Crippen LogP contribution in [0.2, 0.25) is 5.02 Å². The molecule has 1 aromatic rings. The van der Waals surface area contributed by atoms with Crippen molar-refractivity contribution in [2.75, 3.05) is 13.1 Å². The van der Waals surface area contributed by atoms with E-state index in [0.29, 0.717) is 18.1 Å². The molecule has 4 aliphatic rings. The van der Waals surface area contributed by atoms with Crippen molar-refractivity contribution in [3.8, 4) is 0 Å². The summed E-state index contributed by atoms with van der Waals surface area (Å²) in [6, 6.07) is 9.53. The lowest BCUT2D eigenvalue weighted by Gasteiger charge is -2.33. The maximum Gasteiger partial charge on any atom is 0.146 e. The largest absolute Gasteiger partial charge is 0.364 e. The van der Waals surface area contributed by atoms with Gasteiger partial charge in [0.2, 0.25) is 0 Å². The van der Waals surface area contributed by atoms with E-state index in [0.717, 1.165) is 48.7 Å². The molecular formula is C22H30ClN5. The Hall–Kier alpha value is -1.56. The number of amidine groups is 1. The Morgan fingerprint density at radius 2 is 1.93 bits per heavy atom. The highest BCUT2D eigenvalue weighted by Crippen LogP contribution is 2.35. The van der Waals surface area contributed by atoms with Crippen LogP contribution in [0.1, 0.15) is 38.7 Å². The van der Waals surface area contributed by atoms with E-state index in [2.05, 4.69) is 47.0 Å². The molecule has 0 spiro atoms. The average molecular weight is 400 g/mol. The number of nitrogens with zero attached hydrogens (tertiary/aromatic N) is 2. The highest BCUT2D eigenvalue weighted by Gasteiger charge is 2.40. The van der Waals surface area contributed by atoms with Crippen molar-refractivity contribution >= 4 is 17.4 Å². The number of nitrogens with one attached hydrogen (secondary N) is 3. The second-order valence-corrected chi connectivity index (χ2v) is 9.49. The number of hydrazine groups is 1. The minimum atomic E-state index is 0.362. The average Bonchev–Trinajstić information content (AvgIpc) is 3.27. The van der Waals surface area contributed by atoms with Crippen molar-refractivity contribution in [1.82, 2.24) is 21.1 Å². The lowest BCUT2D eigenvalue weighted by atomic mass is 9.77. The predicted octanol–water partition coefficient (Wildman–Crippen LogP) is 3.08. The Morgan fingerprint density at radius 1 is 1.14 bits per heavy atom. The van der Waals surface area contributed by atoms with Crippen molar-refractivity contribution in [1.29, 1.82) is 0 Å². The number of likely N-dealkylation sites (tertiary alicyclic amines) is 1. The molecule has 5 atom stereocenters. The Balaban J connectivity index is 1.26. The molecule has 3 aliphatic heterocycles. The van der Waals surface area contributed by atoms with Crippen molar-refractivity contribution in [3.05, 3.63) is 46.1 Å². The summed E-state index contributed by atoms with van der Waals surface area (Å²) in [7, 11) is 0. The van der Waals surface area contributed by atoms with E-state index in [9.17, 15) is 0 Å². The van der Waals surface area contributed by atoms with Gasteiger partial charge in [0.1, 0.15) is 5.84 Å². The molecule has 1 aliphatic carbocycles. The van der Waals surface area contributed by atoms with Crippen LogP contribution < -0.4 is 16.2 Å². The number of halogens is 1. The maximum absolute atomic E-state index is 6.01. The van der Waals surface area contributed by atoms with Crippen LogP contribution in [0.5, 0.6) is 0 Å². The number of piperidine rings is 1. The molecular weight excluding hydrogens is 370 g/mol. The smallest absolute Gasteiger partial charge is 0.146 e. The molecule has 5 rings (SSSR count). The quantitative estimate of drug-likeness (QED) is 0.731. The monoisotopic (exact) mass is 399 g/mol. The van der Waals surface area contributed by atoms with Crippen LogP contribution in [0.25, 0.3) is 0 Å². The lowest BCUT2D eigenvalue weighted by molar-refractivity contribution is 0.221. The first-order valence-electron chi connectivity index (χ1n) is 10.6. The third-order valence-corrected chi connectivity index (χ3v) is 7.35. The van der Waals surface area contributed by atoms with Gasteiger partial charge in [-0.15, -0.1) is 0 Å². The third kappa shape index (κ3) is 3.44. The Bertz CT molecular complexity index is 802. The van der Waals surface area contributed by atoms with Crippen LogP contribution in [0.15, 0.2) is 40.5 Å². The first-order valence-corrected chi connectivity index (χ1v) is 11.0. The molecule has 4 unspecified atom stereocenters. The zero-order valence-electron chi connectivity index (χ0n) is 16.7. The van der Waals surface area contributed by atoms with Gasteiger partial charge in [-0.05, 0) is 54.4 Å². The summed E-state index contributed by atoms with van der Waals surface area (Å²) >= 11 is 6.01. The summed E-state index contributed by atoms with van der Waals surface area (Å²) in [6.45, 7) is 7.82. The summed E-state index contributed by atoms with van der Waals surface area (Å²) in [5.41, 5.74) is 11.0. The number of aliphatic imine (C=N–C) groups is 1. The second kappa shape index (κ2) is 7.36. The van der Waals surface area contributed by atoms with Gasteiger partial charge in [0.05, 0.1) is 23.8 Å². The van der Waals surface area contributed by atoms with Crippen LogP contribution in [-0.2, 0) is 6.54 Å². The minimum absolute atomic E-state index is 0.362. The molecule has 0 radical (unpaired) electrons. The van der Waals surface area contributed by atoms with Gasteiger partial charge in [0, 0.05) is 24.7 Å². The molecule has 3 N–H and O–H groups in total. The van der Waals surface area contributed by atoms with Crippen LogP contribution in [0, 0.1) is 11.8 Å². The fraction of sp³-hybridized carbons (Fsp3) is 0.591. The Morgan fingerprint density at radius 3 is 2.75 bits per heavy atom. The molecule has 0 bridgehead atoms. The number of rotatable bonds is 3. The molecule has 1 aromatic carbocycles. The maximum atomic E-state index is 6.01. The van der Waals surface area contributed by atoms with Gasteiger partial charge >= 0.3 is 0 Å². The van der Waals surface area contributed by atoms with Crippen LogP contribution in [0.4, 0.5) is 0 Å². The standard InChI is InChI=1S/C22H30ClN5/c1-13-9-18-19(10-14(13)2)25-22(24-18)21-17-7-8-28(12-20(17)26-27-21)11-15-3-5-16(23)6-4-15/h3-6,13-14,18-20,26-27H,7-12H2,1-2H3,(H,24,25)/t13-,14?,18?,19?,20?/m1/s1. The zero-order chi connectivity index (χ0) is 19.3. The van der Waals surface area contributed by atoms with Crippen LogP contribution in [-0.4, -0.2) is 42.0 Å². The zero-order valence-corrected chi connectivity index (χ0v) is 17.5. The number of fused-ring (bicyclic) bond motifs is 2. The molecule has 1 saturated heterocycles. The second-order valence-electron chi connectivity index (χ2n) is 9.06. The number of hydrogen-bond donors (Lipinski definition) is 3. The fourth-order valence-electron chi connectivity index (χ4n) is 5.17. The molecule has 2 fully saturated rings. The summed E-state index contributed by atoms with van der Waals surface area (Å²) in [5.74, 6) is 2.63. The fourth-order valence-corrected chi connectivity index (χ4v) is 5.29. The molecule has 1 saturated carbocycles. The summed E-state index contributed by atoms with van der Waals surface area (Å²) in [5, 5.41) is 4.54. The van der Waals surface area contributed by atoms with Gasteiger partial charge in [-0.3, -0.25) is 9.89 Å². The van der Waals surface area contributed by atoms with Gasteiger partial charge in [0.15, 0.2) is 0 Å². The van der Waals surface area contributed by atoms with E-state index in [1.165, 1.54) is 29.7 Å². The minimum Gasteiger partial charge on any atom is -0.364 e. The van der Waals surface area contributed by atoms with E-state index < -0.39 is 0 Å². The molecule has 0 aromatic heterocycles. The number of hydrogen-bond acceptors (Lipinski definition) is 5. The molecule has 28 heavy (non-hydrogen) atoms. The first-order chi connectivity index (χ1) is 13.6.